The van der Waals surface area contributed by atoms with Crippen LogP contribution in [0.3, 0.4) is 0 Å². The zero-order valence-corrected chi connectivity index (χ0v) is 13.0. The Hall–Kier alpha value is -2.42. The topological polar surface area (TPSA) is 43.4 Å². The van der Waals surface area contributed by atoms with Crippen LogP contribution in [0.2, 0.25) is 0 Å². The molecule has 0 heterocycles. The van der Waals surface area contributed by atoms with E-state index in [9.17, 15) is 9.59 Å². The number of carbonyl (C=O) groups excluding carboxylic acids is 2. The summed E-state index contributed by atoms with van der Waals surface area (Å²) in [5.74, 6) is -1.04. The summed E-state index contributed by atoms with van der Waals surface area (Å²) in [6.45, 7) is 0. The van der Waals surface area contributed by atoms with E-state index in [-0.39, 0.29) is 11.9 Å². The van der Waals surface area contributed by atoms with Crippen molar-refractivity contribution in [3.05, 3.63) is 60.2 Å². The van der Waals surface area contributed by atoms with Crippen molar-refractivity contribution in [2.24, 2.45) is 5.92 Å². The van der Waals surface area contributed by atoms with Gasteiger partial charge < -0.3 is 4.74 Å². The molecule has 1 saturated carbocycles. The van der Waals surface area contributed by atoms with Crippen LogP contribution in [0.5, 0.6) is 0 Å². The van der Waals surface area contributed by atoms with Crippen molar-refractivity contribution < 1.29 is 14.3 Å². The molecule has 23 heavy (non-hydrogen) atoms. The molecule has 118 valence electrons. The molecule has 0 amide bonds. The van der Waals surface area contributed by atoms with Gasteiger partial charge in [0.2, 0.25) is 0 Å². The van der Waals surface area contributed by atoms with E-state index in [4.69, 9.17) is 4.74 Å². The minimum absolute atomic E-state index is 0.115. The highest BCUT2D eigenvalue weighted by atomic mass is 16.6. The number of benzene rings is 2. The first-order valence-electron chi connectivity index (χ1n) is 8.15. The molecule has 3 nitrogen and oxygen atoms in total. The largest absolute Gasteiger partial charge is 0.389 e. The van der Waals surface area contributed by atoms with Gasteiger partial charge in [-0.05, 0) is 36.1 Å². The van der Waals surface area contributed by atoms with Gasteiger partial charge in [0, 0.05) is 0 Å². The van der Waals surface area contributed by atoms with Crippen molar-refractivity contribution in [2.45, 2.75) is 32.1 Å². The summed E-state index contributed by atoms with van der Waals surface area (Å²) in [6, 6.07) is 17.1. The standard InChI is InChI=1S/C20H20O3/c21-19(17-9-5-2-6-10-17)23-20(22)18-13-11-16(12-14-18)15-7-3-1-4-8-15/h1,3-4,7-8,11-14,17H,2,5-6,9-10H2. The molecule has 1 aliphatic rings. The molecule has 0 atom stereocenters. The molecule has 0 unspecified atom stereocenters. The quantitative estimate of drug-likeness (QED) is 0.614. The van der Waals surface area contributed by atoms with Crippen molar-refractivity contribution in [3.63, 3.8) is 0 Å². The number of ether oxygens (including phenoxy) is 1. The molecule has 0 bridgehead atoms. The van der Waals surface area contributed by atoms with Crippen LogP contribution in [0.25, 0.3) is 11.1 Å². The van der Waals surface area contributed by atoms with Crippen molar-refractivity contribution in [3.8, 4) is 11.1 Å². The maximum absolute atomic E-state index is 12.1. The lowest BCUT2D eigenvalue weighted by atomic mass is 9.89. The molecule has 1 fully saturated rings. The maximum atomic E-state index is 12.1. The van der Waals surface area contributed by atoms with Gasteiger partial charge in [0.25, 0.3) is 0 Å². The molecular formula is C20H20O3. The van der Waals surface area contributed by atoms with Crippen LogP contribution in [-0.4, -0.2) is 11.9 Å². The van der Waals surface area contributed by atoms with Crippen molar-refractivity contribution in [2.75, 3.05) is 0 Å². The van der Waals surface area contributed by atoms with E-state index < -0.39 is 5.97 Å². The minimum atomic E-state index is -0.555. The second-order valence-corrected chi connectivity index (χ2v) is 5.99. The second kappa shape index (κ2) is 7.23. The molecule has 0 saturated heterocycles. The second-order valence-electron chi connectivity index (χ2n) is 5.99. The summed E-state index contributed by atoms with van der Waals surface area (Å²) in [7, 11) is 0. The molecule has 0 spiro atoms. The predicted octanol–water partition coefficient (Wildman–Crippen LogP) is 4.62. The Kier molecular flexibility index (Phi) is 4.86. The summed E-state index contributed by atoms with van der Waals surface area (Å²) < 4.78 is 5.04. The lowest BCUT2D eigenvalue weighted by Gasteiger charge is -2.19. The van der Waals surface area contributed by atoms with Crippen LogP contribution >= 0.6 is 0 Å². The number of esters is 2. The first kappa shape index (κ1) is 15.5. The Morgan fingerprint density at radius 1 is 0.783 bits per heavy atom. The summed E-state index contributed by atoms with van der Waals surface area (Å²) in [4.78, 5) is 24.1. The van der Waals surface area contributed by atoms with Gasteiger partial charge in [-0.1, -0.05) is 61.7 Å². The fourth-order valence-electron chi connectivity index (χ4n) is 3.00. The van der Waals surface area contributed by atoms with Gasteiger partial charge in [-0.25, -0.2) is 4.79 Å². The average molecular weight is 308 g/mol. The summed E-state index contributed by atoms with van der Waals surface area (Å²) >= 11 is 0. The third-order valence-corrected chi connectivity index (χ3v) is 4.36. The van der Waals surface area contributed by atoms with Gasteiger partial charge in [0.05, 0.1) is 11.5 Å². The van der Waals surface area contributed by atoms with Gasteiger partial charge in [0.1, 0.15) is 0 Å². The van der Waals surface area contributed by atoms with Gasteiger partial charge in [-0.3, -0.25) is 4.79 Å². The van der Waals surface area contributed by atoms with Crippen LogP contribution in [0.15, 0.2) is 54.6 Å². The lowest BCUT2D eigenvalue weighted by molar-refractivity contribution is -0.143. The van der Waals surface area contributed by atoms with E-state index in [0.717, 1.165) is 36.8 Å². The first-order chi connectivity index (χ1) is 11.2. The maximum Gasteiger partial charge on any atom is 0.345 e. The SMILES string of the molecule is O=C(OC(=O)C1CCCCC1)c1ccc(-c2ccccc2)cc1. The number of hydrogen-bond donors (Lipinski definition) is 0. The van der Waals surface area contributed by atoms with E-state index in [1.54, 1.807) is 12.1 Å². The molecule has 0 radical (unpaired) electrons. The van der Waals surface area contributed by atoms with Crippen LogP contribution in [0, 0.1) is 5.92 Å². The fraction of sp³-hybridized carbons (Fsp3) is 0.300. The van der Waals surface area contributed by atoms with Crippen molar-refractivity contribution in [1.29, 1.82) is 0 Å². The average Bonchev–Trinajstić information content (AvgIpc) is 2.63. The Bertz CT molecular complexity index is 668. The third-order valence-electron chi connectivity index (χ3n) is 4.36. The van der Waals surface area contributed by atoms with Gasteiger partial charge in [0.15, 0.2) is 0 Å². The number of hydrogen-bond acceptors (Lipinski definition) is 3. The lowest BCUT2D eigenvalue weighted by Crippen LogP contribution is -2.23. The zero-order valence-electron chi connectivity index (χ0n) is 13.0. The summed E-state index contributed by atoms with van der Waals surface area (Å²) in [6.07, 6.45) is 4.91. The zero-order chi connectivity index (χ0) is 16.1. The highest BCUT2D eigenvalue weighted by molar-refractivity contribution is 5.97. The monoisotopic (exact) mass is 308 g/mol. The molecule has 3 rings (SSSR count). The molecule has 0 aliphatic heterocycles. The molecule has 1 aliphatic carbocycles. The molecule has 0 N–H and O–H groups in total. The smallest absolute Gasteiger partial charge is 0.345 e. The Balaban J connectivity index is 1.64. The third kappa shape index (κ3) is 3.86. The molecular weight excluding hydrogens is 288 g/mol. The van der Waals surface area contributed by atoms with Crippen LogP contribution < -0.4 is 0 Å². The Morgan fingerprint density at radius 2 is 1.39 bits per heavy atom. The van der Waals surface area contributed by atoms with E-state index in [2.05, 4.69) is 0 Å². The van der Waals surface area contributed by atoms with Crippen LogP contribution in [-0.2, 0) is 9.53 Å². The van der Waals surface area contributed by atoms with Crippen LogP contribution in [0.1, 0.15) is 42.5 Å². The predicted molar refractivity (Wildman–Crippen MR) is 88.9 cm³/mol. The summed E-state index contributed by atoms with van der Waals surface area (Å²) in [5, 5.41) is 0. The molecule has 2 aromatic carbocycles. The highest BCUT2D eigenvalue weighted by Crippen LogP contribution is 2.25. The van der Waals surface area contributed by atoms with Gasteiger partial charge in [-0.15, -0.1) is 0 Å². The Labute approximate surface area is 136 Å². The first-order valence-corrected chi connectivity index (χ1v) is 8.15. The van der Waals surface area contributed by atoms with Crippen LogP contribution in [0.4, 0.5) is 0 Å². The minimum Gasteiger partial charge on any atom is -0.389 e. The van der Waals surface area contributed by atoms with E-state index in [1.165, 1.54) is 6.42 Å². The van der Waals surface area contributed by atoms with Crippen molar-refractivity contribution in [1.82, 2.24) is 0 Å². The fourth-order valence-corrected chi connectivity index (χ4v) is 3.00. The molecule has 3 heteroatoms. The number of rotatable bonds is 3. The van der Waals surface area contributed by atoms with Gasteiger partial charge in [-0.2, -0.15) is 0 Å². The van der Waals surface area contributed by atoms with E-state index >= 15 is 0 Å². The van der Waals surface area contributed by atoms with E-state index in [1.807, 2.05) is 42.5 Å². The Morgan fingerprint density at radius 3 is 2.04 bits per heavy atom. The summed E-state index contributed by atoms with van der Waals surface area (Å²) in [5.41, 5.74) is 2.53. The van der Waals surface area contributed by atoms with Gasteiger partial charge >= 0.3 is 11.9 Å². The molecule has 0 aromatic heterocycles. The number of carbonyl (C=O) groups is 2. The normalized spacial score (nSPS) is 15.1. The van der Waals surface area contributed by atoms with E-state index in [0.29, 0.717) is 5.56 Å². The molecule has 2 aromatic rings. The van der Waals surface area contributed by atoms with Crippen molar-refractivity contribution >= 4 is 11.9 Å². The highest BCUT2D eigenvalue weighted by Gasteiger charge is 2.25.